The first-order valence-corrected chi connectivity index (χ1v) is 11.4. The zero-order valence-electron chi connectivity index (χ0n) is 14.1. The summed E-state index contributed by atoms with van der Waals surface area (Å²) in [5, 5.41) is 3.29. The van der Waals surface area contributed by atoms with Gasteiger partial charge in [0.2, 0.25) is 10.0 Å². The van der Waals surface area contributed by atoms with Crippen molar-refractivity contribution in [2.24, 2.45) is 0 Å². The molecule has 0 bridgehead atoms. The van der Waals surface area contributed by atoms with Crippen LogP contribution < -0.4 is 5.32 Å². The third-order valence-electron chi connectivity index (χ3n) is 4.66. The molecule has 0 spiro atoms. The van der Waals surface area contributed by atoms with Crippen LogP contribution in [0.2, 0.25) is 0 Å². The van der Waals surface area contributed by atoms with Crippen molar-refractivity contribution in [2.75, 3.05) is 45.5 Å². The number of hydrogen-bond acceptors (Lipinski definition) is 6. The average molecular weight is 410 g/mol. The molecule has 1 unspecified atom stereocenters. The van der Waals surface area contributed by atoms with Crippen LogP contribution in [0.5, 0.6) is 0 Å². The summed E-state index contributed by atoms with van der Waals surface area (Å²) in [5.74, 6) is 0. The van der Waals surface area contributed by atoms with Crippen LogP contribution in [-0.2, 0) is 19.9 Å². The lowest BCUT2D eigenvalue weighted by molar-refractivity contribution is 0.179. The summed E-state index contributed by atoms with van der Waals surface area (Å²) in [6.45, 7) is 4.51. The van der Waals surface area contributed by atoms with Gasteiger partial charge in [-0.25, -0.2) is 16.8 Å². The lowest BCUT2D eigenvalue weighted by atomic mass is 10.2. The molecule has 3 rings (SSSR count). The third kappa shape index (κ3) is 4.35. The van der Waals surface area contributed by atoms with Crippen molar-refractivity contribution in [3.05, 3.63) is 24.3 Å². The lowest BCUT2D eigenvalue weighted by Gasteiger charge is -2.32. The van der Waals surface area contributed by atoms with E-state index in [0.29, 0.717) is 13.1 Å². The maximum absolute atomic E-state index is 13.0. The summed E-state index contributed by atoms with van der Waals surface area (Å²) in [6, 6.07) is 6.04. The fraction of sp³-hybridized carbons (Fsp3) is 0.600. The summed E-state index contributed by atoms with van der Waals surface area (Å²) >= 11 is 0. The molecule has 0 aromatic heterocycles. The molecule has 0 aliphatic carbocycles. The number of nitrogens with zero attached hydrogens (tertiary/aromatic N) is 2. The maximum Gasteiger partial charge on any atom is 0.244 e. The van der Waals surface area contributed by atoms with Gasteiger partial charge in [-0.05, 0) is 18.6 Å². The van der Waals surface area contributed by atoms with Crippen molar-refractivity contribution in [1.29, 1.82) is 0 Å². The standard InChI is InChI=1S/C15H23N3O4S2.ClH/c1-23(19,20)14-4-2-3-5-15(14)24(21,22)18-9-6-13(12-18)17-10-7-16-8-11-17;/h2-5,13,16H,6-12H2,1H3;1H. The van der Waals surface area contributed by atoms with Gasteiger partial charge in [-0.2, -0.15) is 4.31 Å². The molecular weight excluding hydrogens is 386 g/mol. The fourth-order valence-corrected chi connectivity index (χ4v) is 6.48. The normalized spacial score (nSPS) is 23.3. The first kappa shape index (κ1) is 20.6. The van der Waals surface area contributed by atoms with Crippen molar-refractivity contribution in [2.45, 2.75) is 22.3 Å². The van der Waals surface area contributed by atoms with Crippen LogP contribution in [0.3, 0.4) is 0 Å². The Kier molecular flexibility index (Phi) is 6.50. The molecule has 2 saturated heterocycles. The zero-order valence-corrected chi connectivity index (χ0v) is 16.5. The van der Waals surface area contributed by atoms with E-state index in [1.54, 1.807) is 12.1 Å². The molecule has 0 amide bonds. The van der Waals surface area contributed by atoms with Crippen LogP contribution in [-0.4, -0.2) is 77.6 Å². The Morgan fingerprint density at radius 2 is 1.60 bits per heavy atom. The van der Waals surface area contributed by atoms with E-state index >= 15 is 0 Å². The number of piperazine rings is 1. The number of halogens is 1. The smallest absolute Gasteiger partial charge is 0.244 e. The zero-order chi connectivity index (χ0) is 17.4. The van der Waals surface area contributed by atoms with Gasteiger partial charge in [0.1, 0.15) is 4.90 Å². The Balaban J connectivity index is 0.00000225. The second kappa shape index (κ2) is 7.89. The van der Waals surface area contributed by atoms with Gasteiger partial charge in [-0.3, -0.25) is 4.90 Å². The maximum atomic E-state index is 13.0. The van der Waals surface area contributed by atoms with E-state index in [9.17, 15) is 16.8 Å². The largest absolute Gasteiger partial charge is 0.314 e. The molecule has 2 heterocycles. The molecule has 2 aliphatic heterocycles. The minimum atomic E-state index is -3.81. The van der Waals surface area contributed by atoms with Gasteiger partial charge in [0.05, 0.1) is 4.90 Å². The summed E-state index contributed by atoms with van der Waals surface area (Å²) in [5.41, 5.74) is 0. The van der Waals surface area contributed by atoms with E-state index < -0.39 is 19.9 Å². The fourth-order valence-electron chi connectivity index (χ4n) is 3.38. The molecule has 1 N–H and O–H groups in total. The molecule has 1 aromatic rings. The predicted molar refractivity (Wildman–Crippen MR) is 98.4 cm³/mol. The summed E-state index contributed by atoms with van der Waals surface area (Å²) < 4.78 is 51.2. The van der Waals surface area contributed by atoms with Gasteiger partial charge in [0.15, 0.2) is 9.84 Å². The molecule has 1 atom stereocenters. The summed E-state index contributed by atoms with van der Waals surface area (Å²) in [7, 11) is -7.42. The van der Waals surface area contributed by atoms with Gasteiger partial charge >= 0.3 is 0 Å². The van der Waals surface area contributed by atoms with Crippen molar-refractivity contribution in [1.82, 2.24) is 14.5 Å². The Labute approximate surface area is 155 Å². The summed E-state index contributed by atoms with van der Waals surface area (Å²) in [4.78, 5) is 2.07. The first-order chi connectivity index (χ1) is 11.3. The van der Waals surface area contributed by atoms with Crippen LogP contribution >= 0.6 is 12.4 Å². The highest BCUT2D eigenvalue weighted by Crippen LogP contribution is 2.28. The van der Waals surface area contributed by atoms with Gasteiger partial charge < -0.3 is 5.32 Å². The number of benzene rings is 1. The highest BCUT2D eigenvalue weighted by Gasteiger charge is 2.37. The summed E-state index contributed by atoms with van der Waals surface area (Å²) in [6.07, 6.45) is 1.81. The van der Waals surface area contributed by atoms with Gasteiger partial charge in [-0.15, -0.1) is 12.4 Å². The van der Waals surface area contributed by atoms with Crippen LogP contribution in [0.25, 0.3) is 0 Å². The van der Waals surface area contributed by atoms with E-state index in [4.69, 9.17) is 0 Å². The third-order valence-corrected chi connectivity index (χ3v) is 7.87. The van der Waals surface area contributed by atoms with E-state index in [1.807, 2.05) is 0 Å². The monoisotopic (exact) mass is 409 g/mol. The highest BCUT2D eigenvalue weighted by atomic mass is 35.5. The van der Waals surface area contributed by atoms with E-state index in [1.165, 1.54) is 16.4 Å². The minimum Gasteiger partial charge on any atom is -0.314 e. The molecule has 2 fully saturated rings. The van der Waals surface area contributed by atoms with Gasteiger partial charge in [-0.1, -0.05) is 12.1 Å². The molecule has 142 valence electrons. The molecule has 0 saturated carbocycles. The molecular formula is C15H24ClN3O4S2. The Morgan fingerprint density at radius 3 is 2.20 bits per heavy atom. The molecule has 10 heteroatoms. The number of nitrogens with one attached hydrogen (secondary N) is 1. The Bertz CT molecular complexity index is 808. The second-order valence-electron chi connectivity index (χ2n) is 6.31. The molecule has 25 heavy (non-hydrogen) atoms. The molecule has 2 aliphatic rings. The molecule has 0 radical (unpaired) electrons. The molecule has 7 nitrogen and oxygen atoms in total. The van der Waals surface area contributed by atoms with Crippen molar-refractivity contribution >= 4 is 32.3 Å². The van der Waals surface area contributed by atoms with Crippen LogP contribution in [0.4, 0.5) is 0 Å². The van der Waals surface area contributed by atoms with Crippen LogP contribution in [0.15, 0.2) is 34.1 Å². The highest BCUT2D eigenvalue weighted by molar-refractivity contribution is 7.93. The van der Waals surface area contributed by atoms with E-state index in [-0.39, 0.29) is 28.2 Å². The quantitative estimate of drug-likeness (QED) is 0.763. The minimum absolute atomic E-state index is 0. The SMILES string of the molecule is CS(=O)(=O)c1ccccc1S(=O)(=O)N1CCC(N2CCNCC2)C1.Cl. The molecule has 1 aromatic carbocycles. The number of sulfone groups is 1. The van der Waals surface area contributed by atoms with Gasteiger partial charge in [0.25, 0.3) is 0 Å². The van der Waals surface area contributed by atoms with Crippen LogP contribution in [0.1, 0.15) is 6.42 Å². The van der Waals surface area contributed by atoms with E-state index in [0.717, 1.165) is 38.9 Å². The topological polar surface area (TPSA) is 86.8 Å². The van der Waals surface area contributed by atoms with Crippen molar-refractivity contribution in [3.63, 3.8) is 0 Å². The number of rotatable bonds is 4. The second-order valence-corrected chi connectivity index (χ2v) is 10.2. The van der Waals surface area contributed by atoms with Crippen LogP contribution in [0, 0.1) is 0 Å². The average Bonchev–Trinajstić information content (AvgIpc) is 3.06. The van der Waals surface area contributed by atoms with Crippen molar-refractivity contribution in [3.8, 4) is 0 Å². The first-order valence-electron chi connectivity index (χ1n) is 8.04. The lowest BCUT2D eigenvalue weighted by Crippen LogP contribution is -2.49. The van der Waals surface area contributed by atoms with E-state index in [2.05, 4.69) is 10.2 Å². The Morgan fingerprint density at radius 1 is 1.00 bits per heavy atom. The number of sulfonamides is 1. The number of hydrogen-bond donors (Lipinski definition) is 1. The van der Waals surface area contributed by atoms with Gasteiger partial charge in [0, 0.05) is 51.6 Å². The Hall–Kier alpha value is -0.710. The predicted octanol–water partition coefficient (Wildman–Crippen LogP) is 0.180. The van der Waals surface area contributed by atoms with Crippen molar-refractivity contribution < 1.29 is 16.8 Å².